The third-order valence-corrected chi connectivity index (χ3v) is 6.06. The van der Waals surface area contributed by atoms with E-state index in [-0.39, 0.29) is 11.2 Å². The third-order valence-electron chi connectivity index (χ3n) is 5.16. The summed E-state index contributed by atoms with van der Waals surface area (Å²) in [7, 11) is 1.69. The molecule has 0 aliphatic rings. The number of nitrogens with zero attached hydrogens (tertiary/aromatic N) is 2. The lowest BCUT2D eigenvalue weighted by atomic mass is 9.87. The zero-order chi connectivity index (χ0) is 24.2. The lowest BCUT2D eigenvalue weighted by Crippen LogP contribution is -2.23. The van der Waals surface area contributed by atoms with Crippen LogP contribution in [0.2, 0.25) is 0 Å². The van der Waals surface area contributed by atoms with Crippen LogP contribution < -0.4 is 4.74 Å². The number of benzene rings is 3. The fourth-order valence-electron chi connectivity index (χ4n) is 3.29. The average molecular weight is 463 g/mol. The summed E-state index contributed by atoms with van der Waals surface area (Å²) in [6, 6.07) is 18.8. The van der Waals surface area contributed by atoms with Crippen molar-refractivity contribution in [2.75, 3.05) is 7.05 Å². The van der Waals surface area contributed by atoms with Gasteiger partial charge in [0.15, 0.2) is 0 Å². The second kappa shape index (κ2) is 10.1. The molecule has 1 N–H and O–H groups in total. The smallest absolute Gasteiger partial charge is 0.425 e. The molecule has 3 rings (SSSR count). The van der Waals surface area contributed by atoms with Crippen molar-refractivity contribution in [3.63, 3.8) is 0 Å². The Bertz CT molecular complexity index is 1140. The highest BCUT2D eigenvalue weighted by atomic mass is 32.2. The van der Waals surface area contributed by atoms with Gasteiger partial charge in [0.05, 0.1) is 5.69 Å². The quantitative estimate of drug-likeness (QED) is 0.322. The minimum Gasteiger partial charge on any atom is -0.507 e. The Labute approximate surface area is 200 Å². The molecular weight excluding hydrogens is 432 g/mol. The summed E-state index contributed by atoms with van der Waals surface area (Å²) in [6.07, 6.45) is 1.18. The van der Waals surface area contributed by atoms with Crippen molar-refractivity contribution in [3.05, 3.63) is 82.9 Å². The highest BCUT2D eigenvalue weighted by Gasteiger charge is 2.16. The van der Waals surface area contributed by atoms with Gasteiger partial charge in [0.2, 0.25) is 0 Å². The van der Waals surface area contributed by atoms with Crippen molar-refractivity contribution < 1.29 is 14.6 Å². The lowest BCUT2D eigenvalue weighted by molar-refractivity contribution is 0.187. The van der Waals surface area contributed by atoms with Gasteiger partial charge < -0.3 is 9.84 Å². The molecule has 0 bridgehead atoms. The maximum absolute atomic E-state index is 12.6. The molecule has 0 unspecified atom stereocenters. The second-order valence-corrected chi connectivity index (χ2v) is 10.2. The lowest BCUT2D eigenvalue weighted by Gasteiger charge is -2.20. The highest BCUT2D eigenvalue weighted by molar-refractivity contribution is 7.97. The van der Waals surface area contributed by atoms with Crippen LogP contribution in [-0.2, 0) is 5.41 Å². The molecule has 0 saturated heterocycles. The van der Waals surface area contributed by atoms with E-state index in [1.807, 2.05) is 32.0 Å². The Balaban J connectivity index is 1.67. The van der Waals surface area contributed by atoms with Crippen LogP contribution in [0.4, 0.5) is 10.5 Å². The first kappa shape index (κ1) is 24.4. The molecular formula is C27H30N2O3S. The summed E-state index contributed by atoms with van der Waals surface area (Å²) in [6.45, 7) is 10.3. The predicted molar refractivity (Wildman–Crippen MR) is 136 cm³/mol. The molecule has 0 heterocycles. The number of carbonyl (C=O) groups excluding carboxylic acids is 1. The fourth-order valence-corrected chi connectivity index (χ4v) is 3.97. The molecule has 3 aromatic carbocycles. The van der Waals surface area contributed by atoms with Gasteiger partial charge in [0.1, 0.15) is 11.5 Å². The predicted octanol–water partition coefficient (Wildman–Crippen LogP) is 7.20. The standard InChI is InChI=1S/C27H30N2O3S/c1-18-15-22(16-19(2)25(18)28-17-20-9-7-8-10-24(20)30)32-26(31)29(6)33-23-13-11-21(12-14-23)27(3,4)5/h7-17,30H,1-6H3. The molecule has 0 aromatic heterocycles. The molecule has 6 heteroatoms. The summed E-state index contributed by atoms with van der Waals surface area (Å²) in [4.78, 5) is 18.1. The molecule has 172 valence electrons. The maximum atomic E-state index is 12.6. The van der Waals surface area contributed by atoms with Gasteiger partial charge in [-0.2, -0.15) is 0 Å². The van der Waals surface area contributed by atoms with Gasteiger partial charge in [-0.25, -0.2) is 9.10 Å². The van der Waals surface area contributed by atoms with Crippen LogP contribution in [0.1, 0.15) is 43.0 Å². The van der Waals surface area contributed by atoms with Crippen LogP contribution in [0.25, 0.3) is 0 Å². The van der Waals surface area contributed by atoms with Gasteiger partial charge in [0, 0.05) is 23.7 Å². The maximum Gasteiger partial charge on any atom is 0.425 e. The second-order valence-electron chi connectivity index (χ2n) is 8.95. The van der Waals surface area contributed by atoms with Crippen molar-refractivity contribution in [2.24, 2.45) is 4.99 Å². The van der Waals surface area contributed by atoms with Gasteiger partial charge in [-0.3, -0.25) is 4.99 Å². The van der Waals surface area contributed by atoms with E-state index in [9.17, 15) is 9.90 Å². The van der Waals surface area contributed by atoms with Crippen molar-refractivity contribution in [3.8, 4) is 11.5 Å². The Morgan fingerprint density at radius 1 is 1.03 bits per heavy atom. The Hall–Kier alpha value is -3.25. The highest BCUT2D eigenvalue weighted by Crippen LogP contribution is 2.31. The minimum atomic E-state index is -0.454. The molecule has 0 atom stereocenters. The number of hydrogen-bond donors (Lipinski definition) is 1. The van der Waals surface area contributed by atoms with Crippen molar-refractivity contribution in [1.29, 1.82) is 0 Å². The zero-order valence-electron chi connectivity index (χ0n) is 19.9. The van der Waals surface area contributed by atoms with E-state index >= 15 is 0 Å². The Morgan fingerprint density at radius 3 is 2.21 bits per heavy atom. The van der Waals surface area contributed by atoms with E-state index in [0.29, 0.717) is 11.3 Å². The summed E-state index contributed by atoms with van der Waals surface area (Å²) in [5, 5.41) is 9.92. The third kappa shape index (κ3) is 6.39. The summed E-state index contributed by atoms with van der Waals surface area (Å²) >= 11 is 1.32. The number of phenolic OH excluding ortho intramolecular Hbond substituents is 1. The van der Waals surface area contributed by atoms with Gasteiger partial charge in [-0.05, 0) is 84.3 Å². The number of hydrogen-bond acceptors (Lipinski definition) is 5. The number of carbonyl (C=O) groups is 1. The van der Waals surface area contributed by atoms with Gasteiger partial charge in [-0.1, -0.05) is 45.0 Å². The van der Waals surface area contributed by atoms with Crippen LogP contribution in [-0.4, -0.2) is 28.8 Å². The monoisotopic (exact) mass is 462 g/mol. The number of aromatic hydroxyl groups is 1. The Morgan fingerprint density at radius 2 is 1.64 bits per heavy atom. The topological polar surface area (TPSA) is 62.1 Å². The van der Waals surface area contributed by atoms with Crippen LogP contribution in [0, 0.1) is 13.8 Å². The minimum absolute atomic E-state index is 0.0848. The number of phenols is 1. The molecule has 1 amide bonds. The van der Waals surface area contributed by atoms with E-state index in [1.165, 1.54) is 21.8 Å². The molecule has 0 aliphatic heterocycles. The largest absolute Gasteiger partial charge is 0.507 e. The Kier molecular flexibility index (Phi) is 7.49. The number of ether oxygens (including phenoxy) is 1. The van der Waals surface area contributed by atoms with Crippen molar-refractivity contribution in [2.45, 2.75) is 44.9 Å². The average Bonchev–Trinajstić information content (AvgIpc) is 2.74. The molecule has 3 aromatic rings. The summed E-state index contributed by atoms with van der Waals surface area (Å²) in [5.41, 5.74) is 4.49. The van der Waals surface area contributed by atoms with E-state index in [2.05, 4.69) is 37.9 Å². The number of aryl methyl sites for hydroxylation is 2. The van der Waals surface area contributed by atoms with E-state index in [0.717, 1.165) is 21.7 Å². The SMILES string of the molecule is Cc1cc(OC(=O)N(C)Sc2ccc(C(C)(C)C)cc2)cc(C)c1N=Cc1ccccc1O. The molecule has 33 heavy (non-hydrogen) atoms. The molecule has 0 fully saturated rings. The number of amides is 1. The number of para-hydroxylation sites is 1. The van der Waals surface area contributed by atoms with Crippen molar-refractivity contribution in [1.82, 2.24) is 4.31 Å². The summed E-state index contributed by atoms with van der Waals surface area (Å²) in [5.74, 6) is 0.641. The molecule has 0 spiro atoms. The van der Waals surface area contributed by atoms with Gasteiger partial charge >= 0.3 is 6.09 Å². The van der Waals surface area contributed by atoms with Crippen molar-refractivity contribution >= 4 is 29.9 Å². The van der Waals surface area contributed by atoms with Gasteiger partial charge in [-0.15, -0.1) is 0 Å². The first-order chi connectivity index (χ1) is 15.5. The number of rotatable bonds is 5. The molecule has 0 saturated carbocycles. The fraction of sp³-hybridized carbons (Fsp3) is 0.259. The van der Waals surface area contributed by atoms with Crippen LogP contribution in [0.3, 0.4) is 0 Å². The van der Waals surface area contributed by atoms with E-state index in [1.54, 1.807) is 43.6 Å². The first-order valence-electron chi connectivity index (χ1n) is 10.7. The first-order valence-corrected chi connectivity index (χ1v) is 11.5. The number of aliphatic imine (C=N–C) groups is 1. The summed E-state index contributed by atoms with van der Waals surface area (Å²) < 4.78 is 7.07. The molecule has 0 radical (unpaired) electrons. The van der Waals surface area contributed by atoms with Crippen LogP contribution in [0.5, 0.6) is 11.5 Å². The van der Waals surface area contributed by atoms with Crippen LogP contribution in [0.15, 0.2) is 70.6 Å². The molecule has 0 aliphatic carbocycles. The van der Waals surface area contributed by atoms with Gasteiger partial charge in [0.25, 0.3) is 0 Å². The van der Waals surface area contributed by atoms with Crippen LogP contribution >= 0.6 is 11.9 Å². The molecule has 5 nitrogen and oxygen atoms in total. The zero-order valence-corrected chi connectivity index (χ0v) is 20.7. The van der Waals surface area contributed by atoms with E-state index < -0.39 is 6.09 Å². The van der Waals surface area contributed by atoms with E-state index in [4.69, 9.17) is 4.74 Å². The normalized spacial score (nSPS) is 11.6.